The van der Waals surface area contributed by atoms with Crippen molar-refractivity contribution in [1.29, 1.82) is 0 Å². The van der Waals surface area contributed by atoms with Gasteiger partial charge in [-0.2, -0.15) is 0 Å². The summed E-state index contributed by atoms with van der Waals surface area (Å²) in [5.74, 6) is 1.07. The number of nitrogens with two attached hydrogens (primary N) is 1. The summed E-state index contributed by atoms with van der Waals surface area (Å²) < 4.78 is 18.3. The standard InChI is InChI=1S/C19H28BNO3/c1-18(2)14-9-15(18)19(3)16(10-14)23-20(24-19)17(21)12-22-11-13-7-5-4-6-8-13/h4-8,14-17H,9-12,21H2,1-3H3/t14?,15?,16?,17-,19-/m0/s1. The third-order valence-electron chi connectivity index (χ3n) is 6.74. The van der Waals surface area contributed by atoms with E-state index in [1.54, 1.807) is 0 Å². The summed E-state index contributed by atoms with van der Waals surface area (Å²) in [6.07, 6.45) is 2.53. The van der Waals surface area contributed by atoms with Crippen molar-refractivity contribution >= 4 is 7.12 Å². The monoisotopic (exact) mass is 329 g/mol. The minimum absolute atomic E-state index is 0.180. The third kappa shape index (κ3) is 2.53. The topological polar surface area (TPSA) is 53.7 Å². The van der Waals surface area contributed by atoms with Crippen LogP contribution in [0.2, 0.25) is 0 Å². The summed E-state index contributed by atoms with van der Waals surface area (Å²) in [4.78, 5) is 0. The first-order chi connectivity index (χ1) is 11.4. The van der Waals surface area contributed by atoms with Gasteiger partial charge in [0.25, 0.3) is 0 Å². The number of ether oxygens (including phenoxy) is 1. The zero-order chi connectivity index (χ0) is 16.9. The first-order valence-corrected chi connectivity index (χ1v) is 9.12. The Balaban J connectivity index is 1.33. The van der Waals surface area contributed by atoms with Crippen molar-refractivity contribution in [1.82, 2.24) is 0 Å². The van der Waals surface area contributed by atoms with Gasteiger partial charge in [-0.05, 0) is 42.6 Å². The molecule has 0 aromatic heterocycles. The van der Waals surface area contributed by atoms with Gasteiger partial charge in [-0.15, -0.1) is 0 Å². The first-order valence-electron chi connectivity index (χ1n) is 9.12. The van der Waals surface area contributed by atoms with E-state index in [4.69, 9.17) is 19.8 Å². The smallest absolute Gasteiger partial charge is 0.404 e. The molecule has 1 heterocycles. The minimum atomic E-state index is -0.356. The molecule has 2 N–H and O–H groups in total. The van der Waals surface area contributed by atoms with Crippen molar-refractivity contribution in [2.45, 2.75) is 57.9 Å². The van der Waals surface area contributed by atoms with Crippen LogP contribution in [0, 0.1) is 17.3 Å². The first kappa shape index (κ1) is 16.6. The maximum absolute atomic E-state index is 6.38. The molecule has 0 amide bonds. The Kier molecular flexibility index (Phi) is 4.03. The number of benzene rings is 1. The molecule has 1 saturated heterocycles. The molecule has 4 aliphatic rings. The van der Waals surface area contributed by atoms with Gasteiger partial charge in [-0.3, -0.25) is 0 Å². The summed E-state index contributed by atoms with van der Waals surface area (Å²) in [7, 11) is -0.356. The predicted octanol–water partition coefficient (Wildman–Crippen LogP) is 2.80. The molecule has 0 radical (unpaired) electrons. The van der Waals surface area contributed by atoms with Gasteiger partial charge in [0.2, 0.25) is 0 Å². The van der Waals surface area contributed by atoms with Crippen LogP contribution in [0.1, 0.15) is 39.2 Å². The van der Waals surface area contributed by atoms with Gasteiger partial charge >= 0.3 is 7.12 Å². The Bertz CT molecular complexity index is 596. The molecule has 4 fully saturated rings. The highest BCUT2D eigenvalue weighted by Gasteiger charge is 2.68. The lowest BCUT2D eigenvalue weighted by molar-refractivity contribution is -0.199. The van der Waals surface area contributed by atoms with Gasteiger partial charge in [-0.25, -0.2) is 0 Å². The summed E-state index contributed by atoms with van der Waals surface area (Å²) in [5, 5.41) is 0. The highest BCUT2D eigenvalue weighted by atomic mass is 16.7. The van der Waals surface area contributed by atoms with Crippen LogP contribution in [-0.4, -0.2) is 31.4 Å². The molecule has 0 spiro atoms. The highest BCUT2D eigenvalue weighted by Crippen LogP contribution is 2.65. The molecule has 4 nitrogen and oxygen atoms in total. The molecule has 1 aromatic rings. The van der Waals surface area contributed by atoms with E-state index in [1.165, 1.54) is 6.42 Å². The van der Waals surface area contributed by atoms with E-state index in [0.29, 0.717) is 24.5 Å². The van der Waals surface area contributed by atoms with Crippen LogP contribution in [0.15, 0.2) is 30.3 Å². The lowest BCUT2D eigenvalue weighted by atomic mass is 9.43. The van der Waals surface area contributed by atoms with Crippen LogP contribution in [0.5, 0.6) is 0 Å². The van der Waals surface area contributed by atoms with Crippen LogP contribution in [0.3, 0.4) is 0 Å². The van der Waals surface area contributed by atoms with Gasteiger partial charge < -0.3 is 19.8 Å². The second kappa shape index (κ2) is 5.84. The molecule has 5 rings (SSSR count). The van der Waals surface area contributed by atoms with E-state index < -0.39 is 0 Å². The van der Waals surface area contributed by atoms with Crippen molar-refractivity contribution in [2.75, 3.05) is 6.61 Å². The molecule has 130 valence electrons. The summed E-state index contributed by atoms with van der Waals surface area (Å²) in [6, 6.07) is 10.1. The highest BCUT2D eigenvalue weighted by molar-refractivity contribution is 6.47. The number of hydrogen-bond acceptors (Lipinski definition) is 4. The average molecular weight is 329 g/mol. The zero-order valence-corrected chi connectivity index (χ0v) is 14.9. The lowest BCUT2D eigenvalue weighted by Gasteiger charge is -2.64. The van der Waals surface area contributed by atoms with E-state index in [2.05, 4.69) is 32.9 Å². The second-order valence-corrected chi connectivity index (χ2v) is 8.50. The van der Waals surface area contributed by atoms with Gasteiger partial charge in [0.1, 0.15) is 0 Å². The average Bonchev–Trinajstić information content (AvgIpc) is 2.92. The molecule has 3 saturated carbocycles. The number of hydrogen-bond donors (Lipinski definition) is 1. The fourth-order valence-electron chi connectivity index (χ4n) is 5.05. The van der Waals surface area contributed by atoms with Crippen LogP contribution < -0.4 is 5.73 Å². The quantitative estimate of drug-likeness (QED) is 0.844. The van der Waals surface area contributed by atoms with E-state index in [-0.39, 0.29) is 24.8 Å². The van der Waals surface area contributed by atoms with Crippen molar-refractivity contribution in [3.8, 4) is 0 Å². The van der Waals surface area contributed by atoms with E-state index >= 15 is 0 Å². The van der Waals surface area contributed by atoms with Crippen LogP contribution in [-0.2, 0) is 20.7 Å². The van der Waals surface area contributed by atoms with Crippen molar-refractivity contribution in [2.24, 2.45) is 23.0 Å². The van der Waals surface area contributed by atoms with Gasteiger partial charge in [0.05, 0.1) is 30.9 Å². The van der Waals surface area contributed by atoms with Crippen LogP contribution >= 0.6 is 0 Å². The number of rotatable bonds is 5. The van der Waals surface area contributed by atoms with Gasteiger partial charge in [0, 0.05) is 0 Å². The normalized spacial score (nSPS) is 37.7. The Labute approximate surface area is 145 Å². The minimum Gasteiger partial charge on any atom is -0.404 e. The summed E-state index contributed by atoms with van der Waals surface area (Å²) in [5.41, 5.74) is 7.63. The van der Waals surface area contributed by atoms with E-state index in [9.17, 15) is 0 Å². The van der Waals surface area contributed by atoms with Crippen LogP contribution in [0.25, 0.3) is 0 Å². The molecule has 1 aromatic carbocycles. The second-order valence-electron chi connectivity index (χ2n) is 8.50. The SMILES string of the molecule is CC1(C)C2CC3OB([C@@H](N)COCc4ccccc4)O[C@@]3(C)C1C2. The molecular weight excluding hydrogens is 301 g/mol. The fraction of sp³-hybridized carbons (Fsp3) is 0.684. The Morgan fingerprint density at radius 3 is 2.71 bits per heavy atom. The fourth-order valence-corrected chi connectivity index (χ4v) is 5.05. The summed E-state index contributed by atoms with van der Waals surface area (Å²) >= 11 is 0. The third-order valence-corrected chi connectivity index (χ3v) is 6.74. The van der Waals surface area contributed by atoms with Crippen molar-refractivity contribution in [3.63, 3.8) is 0 Å². The summed E-state index contributed by atoms with van der Waals surface area (Å²) in [6.45, 7) is 7.97. The molecule has 24 heavy (non-hydrogen) atoms. The molecule has 2 bridgehead atoms. The van der Waals surface area contributed by atoms with Crippen molar-refractivity contribution < 1.29 is 14.0 Å². The molecular formula is C19H28BNO3. The van der Waals surface area contributed by atoms with Gasteiger partial charge in [0.15, 0.2) is 0 Å². The molecule has 3 aliphatic carbocycles. The van der Waals surface area contributed by atoms with Gasteiger partial charge in [-0.1, -0.05) is 44.2 Å². The largest absolute Gasteiger partial charge is 0.478 e. The Hall–Kier alpha value is -0.875. The maximum atomic E-state index is 6.38. The Morgan fingerprint density at radius 2 is 2.00 bits per heavy atom. The lowest BCUT2D eigenvalue weighted by Crippen LogP contribution is -2.65. The maximum Gasteiger partial charge on any atom is 0.478 e. The van der Waals surface area contributed by atoms with Crippen molar-refractivity contribution in [3.05, 3.63) is 35.9 Å². The Morgan fingerprint density at radius 1 is 1.25 bits per heavy atom. The molecule has 1 aliphatic heterocycles. The molecule has 5 atom stereocenters. The molecule has 5 heteroatoms. The predicted molar refractivity (Wildman–Crippen MR) is 94.2 cm³/mol. The van der Waals surface area contributed by atoms with Crippen LogP contribution in [0.4, 0.5) is 0 Å². The van der Waals surface area contributed by atoms with E-state index in [0.717, 1.165) is 17.9 Å². The van der Waals surface area contributed by atoms with E-state index in [1.807, 2.05) is 18.2 Å². The zero-order valence-electron chi connectivity index (χ0n) is 14.9. The molecule has 3 unspecified atom stereocenters.